The van der Waals surface area contributed by atoms with E-state index in [-0.39, 0.29) is 0 Å². The first-order valence-electron chi connectivity index (χ1n) is 9.89. The first-order valence-corrected chi connectivity index (χ1v) is 9.89. The summed E-state index contributed by atoms with van der Waals surface area (Å²) in [6.45, 7) is 12.6. The fraction of sp³-hybridized carbons (Fsp3) is 0.524. The van der Waals surface area contributed by atoms with Gasteiger partial charge in [-0.25, -0.2) is 4.98 Å². The van der Waals surface area contributed by atoms with Gasteiger partial charge in [0.05, 0.1) is 13.2 Å². The van der Waals surface area contributed by atoms with E-state index < -0.39 is 0 Å². The smallest absolute Gasteiger partial charge is 0.227 e. The summed E-state index contributed by atoms with van der Waals surface area (Å²) in [4.78, 5) is 16.7. The molecule has 6 nitrogen and oxygen atoms in total. The second-order valence-electron chi connectivity index (χ2n) is 7.46. The molecule has 0 spiro atoms. The first-order chi connectivity index (χ1) is 13.2. The molecule has 2 aliphatic rings. The number of piperazine rings is 1. The lowest BCUT2D eigenvalue weighted by molar-refractivity contribution is 0.122. The highest BCUT2D eigenvalue weighted by atomic mass is 16.5. The minimum absolute atomic E-state index is 0.774. The zero-order chi connectivity index (χ0) is 18.6. The van der Waals surface area contributed by atoms with Crippen molar-refractivity contribution < 1.29 is 4.74 Å². The van der Waals surface area contributed by atoms with Crippen LogP contribution < -0.4 is 9.80 Å². The van der Waals surface area contributed by atoms with Gasteiger partial charge in [-0.05, 0) is 25.0 Å². The minimum atomic E-state index is 0.774. The second-order valence-corrected chi connectivity index (χ2v) is 7.46. The van der Waals surface area contributed by atoms with Crippen molar-refractivity contribution in [1.29, 1.82) is 0 Å². The molecule has 0 bridgehead atoms. The van der Waals surface area contributed by atoms with E-state index in [4.69, 9.17) is 14.7 Å². The molecule has 0 saturated carbocycles. The molecule has 4 rings (SSSR count). The van der Waals surface area contributed by atoms with Crippen molar-refractivity contribution in [2.24, 2.45) is 0 Å². The van der Waals surface area contributed by atoms with Gasteiger partial charge in [-0.15, -0.1) is 0 Å². The second kappa shape index (κ2) is 8.23. The Labute approximate surface area is 161 Å². The maximum atomic E-state index is 5.47. The Balaban J connectivity index is 1.40. The molecule has 1 aromatic carbocycles. The van der Waals surface area contributed by atoms with Crippen molar-refractivity contribution in [3.05, 3.63) is 47.2 Å². The van der Waals surface area contributed by atoms with Crippen LogP contribution >= 0.6 is 0 Å². The fourth-order valence-corrected chi connectivity index (χ4v) is 3.77. The molecule has 2 saturated heterocycles. The molecule has 0 amide bonds. The molecule has 27 heavy (non-hydrogen) atoms. The molecule has 0 aliphatic carbocycles. The number of ether oxygens (including phenoxy) is 1. The molecule has 2 fully saturated rings. The van der Waals surface area contributed by atoms with Gasteiger partial charge in [0, 0.05) is 57.6 Å². The van der Waals surface area contributed by atoms with Crippen molar-refractivity contribution in [3.63, 3.8) is 0 Å². The summed E-state index contributed by atoms with van der Waals surface area (Å²) in [5, 5.41) is 0. The number of rotatable bonds is 4. The van der Waals surface area contributed by atoms with E-state index in [1.807, 2.05) is 0 Å². The molecule has 6 heteroatoms. The number of aryl methyl sites for hydroxylation is 2. The van der Waals surface area contributed by atoms with Crippen LogP contribution in [0, 0.1) is 13.8 Å². The van der Waals surface area contributed by atoms with Gasteiger partial charge in [-0.1, -0.05) is 24.3 Å². The Morgan fingerprint density at radius 1 is 0.889 bits per heavy atom. The van der Waals surface area contributed by atoms with Crippen LogP contribution in [0.2, 0.25) is 0 Å². The fourth-order valence-electron chi connectivity index (χ4n) is 3.77. The van der Waals surface area contributed by atoms with E-state index in [0.717, 1.165) is 76.5 Å². The summed E-state index contributed by atoms with van der Waals surface area (Å²) in [6.07, 6.45) is 0. The van der Waals surface area contributed by atoms with Crippen LogP contribution in [0.5, 0.6) is 0 Å². The van der Waals surface area contributed by atoms with Gasteiger partial charge in [0.2, 0.25) is 5.95 Å². The highest BCUT2D eigenvalue weighted by Crippen LogP contribution is 2.20. The molecule has 0 radical (unpaired) electrons. The van der Waals surface area contributed by atoms with E-state index in [2.05, 4.69) is 58.9 Å². The maximum Gasteiger partial charge on any atom is 0.227 e. The van der Waals surface area contributed by atoms with Crippen LogP contribution in [0.1, 0.15) is 16.8 Å². The Bertz CT molecular complexity index is 767. The monoisotopic (exact) mass is 367 g/mol. The zero-order valence-electron chi connectivity index (χ0n) is 16.4. The molecular weight excluding hydrogens is 338 g/mol. The van der Waals surface area contributed by atoms with Gasteiger partial charge in [0.1, 0.15) is 5.82 Å². The van der Waals surface area contributed by atoms with Crippen LogP contribution in [0.3, 0.4) is 0 Å². The average Bonchev–Trinajstić information content (AvgIpc) is 2.70. The topological polar surface area (TPSA) is 44.7 Å². The number of anilines is 2. The van der Waals surface area contributed by atoms with E-state index >= 15 is 0 Å². The van der Waals surface area contributed by atoms with E-state index in [1.165, 1.54) is 11.1 Å². The summed E-state index contributed by atoms with van der Waals surface area (Å²) in [5.74, 6) is 1.90. The van der Waals surface area contributed by atoms with Gasteiger partial charge in [0.25, 0.3) is 0 Å². The third-order valence-corrected chi connectivity index (χ3v) is 5.47. The molecule has 0 atom stereocenters. The predicted octanol–water partition coefficient (Wildman–Crippen LogP) is 2.25. The summed E-state index contributed by atoms with van der Waals surface area (Å²) < 4.78 is 5.47. The molecule has 3 heterocycles. The Morgan fingerprint density at radius 3 is 2.37 bits per heavy atom. The number of hydrogen-bond donors (Lipinski definition) is 0. The maximum absolute atomic E-state index is 5.47. The summed E-state index contributed by atoms with van der Waals surface area (Å²) >= 11 is 0. The van der Waals surface area contributed by atoms with Gasteiger partial charge in [-0.2, -0.15) is 4.98 Å². The van der Waals surface area contributed by atoms with Gasteiger partial charge >= 0.3 is 0 Å². The Kier molecular flexibility index (Phi) is 5.55. The highest BCUT2D eigenvalue weighted by molar-refractivity contribution is 5.46. The normalized spacial score (nSPS) is 18.7. The number of hydrogen-bond acceptors (Lipinski definition) is 6. The summed E-state index contributed by atoms with van der Waals surface area (Å²) in [6, 6.07) is 10.8. The van der Waals surface area contributed by atoms with Crippen molar-refractivity contribution >= 4 is 11.8 Å². The van der Waals surface area contributed by atoms with Crippen LogP contribution in [0.4, 0.5) is 11.8 Å². The lowest BCUT2D eigenvalue weighted by atomic mass is 10.1. The SMILES string of the molecule is Cc1cc(N2CCOCC2)nc(N2CCN(Cc3ccccc3C)CC2)n1. The van der Waals surface area contributed by atoms with Crippen LogP contribution in [0.25, 0.3) is 0 Å². The standard InChI is InChI=1S/C21H29N5O/c1-17-5-3-4-6-19(17)16-24-7-9-26(10-8-24)21-22-18(2)15-20(23-21)25-11-13-27-14-12-25/h3-6,15H,7-14,16H2,1-2H3. The van der Waals surface area contributed by atoms with Crippen LogP contribution in [0.15, 0.2) is 30.3 Å². The zero-order valence-corrected chi connectivity index (χ0v) is 16.4. The van der Waals surface area contributed by atoms with E-state index in [0.29, 0.717) is 0 Å². The average molecular weight is 367 g/mol. The van der Waals surface area contributed by atoms with Crippen molar-refractivity contribution in [2.45, 2.75) is 20.4 Å². The van der Waals surface area contributed by atoms with Crippen molar-refractivity contribution in [2.75, 3.05) is 62.3 Å². The minimum Gasteiger partial charge on any atom is -0.378 e. The molecular formula is C21H29N5O. The summed E-state index contributed by atoms with van der Waals surface area (Å²) in [7, 11) is 0. The van der Waals surface area contributed by atoms with Gasteiger partial charge in [0.15, 0.2) is 0 Å². The highest BCUT2D eigenvalue weighted by Gasteiger charge is 2.21. The third-order valence-electron chi connectivity index (χ3n) is 5.47. The van der Waals surface area contributed by atoms with Gasteiger partial charge < -0.3 is 14.5 Å². The lowest BCUT2D eigenvalue weighted by Gasteiger charge is -2.35. The Morgan fingerprint density at radius 2 is 1.63 bits per heavy atom. The molecule has 144 valence electrons. The molecule has 0 unspecified atom stereocenters. The predicted molar refractivity (Wildman–Crippen MR) is 108 cm³/mol. The van der Waals surface area contributed by atoms with Crippen molar-refractivity contribution in [1.82, 2.24) is 14.9 Å². The molecule has 0 N–H and O–H groups in total. The summed E-state index contributed by atoms with van der Waals surface area (Å²) in [5.41, 5.74) is 3.83. The number of benzene rings is 1. The lowest BCUT2D eigenvalue weighted by Crippen LogP contribution is -2.47. The van der Waals surface area contributed by atoms with Crippen molar-refractivity contribution in [3.8, 4) is 0 Å². The third kappa shape index (κ3) is 4.39. The molecule has 1 aromatic heterocycles. The number of morpholine rings is 1. The van der Waals surface area contributed by atoms with Crippen LogP contribution in [-0.2, 0) is 11.3 Å². The molecule has 2 aromatic rings. The van der Waals surface area contributed by atoms with Gasteiger partial charge in [-0.3, -0.25) is 4.90 Å². The first kappa shape index (κ1) is 18.2. The molecule has 2 aliphatic heterocycles. The van der Waals surface area contributed by atoms with E-state index in [9.17, 15) is 0 Å². The number of nitrogens with zero attached hydrogens (tertiary/aromatic N) is 5. The largest absolute Gasteiger partial charge is 0.378 e. The van der Waals surface area contributed by atoms with Crippen LogP contribution in [-0.4, -0.2) is 67.4 Å². The number of aromatic nitrogens is 2. The quantitative estimate of drug-likeness (QED) is 0.826. The Hall–Kier alpha value is -2.18. The van der Waals surface area contributed by atoms with E-state index in [1.54, 1.807) is 0 Å².